The van der Waals surface area contributed by atoms with E-state index >= 15 is 0 Å². The summed E-state index contributed by atoms with van der Waals surface area (Å²) in [6, 6.07) is 4.27. The van der Waals surface area contributed by atoms with Crippen LogP contribution < -0.4 is 4.74 Å². The number of rotatable bonds is 2. The molecule has 1 saturated carbocycles. The summed E-state index contributed by atoms with van der Waals surface area (Å²) in [5, 5.41) is 10.3. The van der Waals surface area contributed by atoms with Crippen LogP contribution in [0.5, 0.6) is 5.75 Å². The Labute approximate surface area is 129 Å². The van der Waals surface area contributed by atoms with Crippen molar-refractivity contribution < 1.29 is 9.84 Å². The van der Waals surface area contributed by atoms with Crippen molar-refractivity contribution in [3.8, 4) is 5.75 Å². The van der Waals surface area contributed by atoms with Gasteiger partial charge in [-0.05, 0) is 74.1 Å². The van der Waals surface area contributed by atoms with E-state index in [9.17, 15) is 5.11 Å². The maximum Gasteiger partial charge on any atom is 0.125 e. The van der Waals surface area contributed by atoms with Crippen LogP contribution in [0.2, 0.25) is 0 Å². The normalized spacial score (nSPS) is 26.7. The first-order valence-corrected chi connectivity index (χ1v) is 8.11. The second-order valence-electron chi connectivity index (χ2n) is 7.80. The van der Waals surface area contributed by atoms with E-state index in [1.165, 1.54) is 16.7 Å². The van der Waals surface area contributed by atoms with Crippen LogP contribution in [0, 0.1) is 32.1 Å². The van der Waals surface area contributed by atoms with Gasteiger partial charge in [-0.25, -0.2) is 0 Å². The lowest BCUT2D eigenvalue weighted by atomic mass is 9.71. The number of aliphatic hydroxyl groups excluding tert-OH is 1. The van der Waals surface area contributed by atoms with Crippen molar-refractivity contribution in [1.29, 1.82) is 0 Å². The first-order chi connectivity index (χ1) is 9.68. The molecule has 0 bridgehead atoms. The maximum atomic E-state index is 10.3. The molecule has 2 rings (SSSR count). The maximum absolute atomic E-state index is 10.3. The molecular formula is C19H30O2. The molecule has 2 nitrogen and oxygen atoms in total. The van der Waals surface area contributed by atoms with Gasteiger partial charge < -0.3 is 9.84 Å². The fraction of sp³-hybridized carbons (Fsp3) is 0.684. The third-order valence-corrected chi connectivity index (χ3v) is 5.02. The van der Waals surface area contributed by atoms with Crippen LogP contribution in [-0.2, 0) is 0 Å². The summed E-state index contributed by atoms with van der Waals surface area (Å²) in [5.74, 6) is 1.54. The Balaban J connectivity index is 2.18. The minimum atomic E-state index is -0.344. The number of ether oxygens (including phenoxy) is 1. The highest BCUT2D eigenvalue weighted by Crippen LogP contribution is 2.39. The molecule has 0 aromatic heterocycles. The van der Waals surface area contributed by atoms with E-state index in [1.807, 2.05) is 0 Å². The third-order valence-electron chi connectivity index (χ3n) is 5.02. The Morgan fingerprint density at radius 2 is 1.76 bits per heavy atom. The van der Waals surface area contributed by atoms with Gasteiger partial charge in [0.25, 0.3) is 0 Å². The Bertz CT molecular complexity index is 499. The van der Waals surface area contributed by atoms with Crippen molar-refractivity contribution in [2.24, 2.45) is 11.3 Å². The molecule has 118 valence electrons. The summed E-state index contributed by atoms with van der Waals surface area (Å²) in [4.78, 5) is 0. The Morgan fingerprint density at radius 3 is 2.38 bits per heavy atom. The van der Waals surface area contributed by atoms with Gasteiger partial charge in [-0.3, -0.25) is 0 Å². The van der Waals surface area contributed by atoms with Gasteiger partial charge in [0.1, 0.15) is 11.9 Å². The Hall–Kier alpha value is -1.02. The summed E-state index contributed by atoms with van der Waals surface area (Å²) in [6.45, 7) is 13.2. The van der Waals surface area contributed by atoms with Crippen molar-refractivity contribution in [1.82, 2.24) is 0 Å². The quantitative estimate of drug-likeness (QED) is 0.864. The largest absolute Gasteiger partial charge is 0.487 e. The molecule has 0 saturated heterocycles. The minimum absolute atomic E-state index is 0.0807. The average Bonchev–Trinajstić information content (AvgIpc) is 2.36. The molecule has 1 aromatic carbocycles. The smallest absolute Gasteiger partial charge is 0.125 e. The molecule has 21 heavy (non-hydrogen) atoms. The molecule has 0 amide bonds. The predicted octanol–water partition coefficient (Wildman–Crippen LogP) is 4.57. The van der Waals surface area contributed by atoms with Crippen molar-refractivity contribution in [2.75, 3.05) is 0 Å². The zero-order valence-electron chi connectivity index (χ0n) is 14.4. The number of benzene rings is 1. The summed E-state index contributed by atoms with van der Waals surface area (Å²) < 4.78 is 6.24. The topological polar surface area (TPSA) is 29.5 Å². The van der Waals surface area contributed by atoms with Gasteiger partial charge in [0.15, 0.2) is 0 Å². The van der Waals surface area contributed by atoms with Crippen molar-refractivity contribution in [3.63, 3.8) is 0 Å². The average molecular weight is 290 g/mol. The summed E-state index contributed by atoms with van der Waals surface area (Å²) in [7, 11) is 0. The van der Waals surface area contributed by atoms with Crippen LogP contribution >= 0.6 is 0 Å². The number of hydrogen-bond donors (Lipinski definition) is 1. The second kappa shape index (κ2) is 6.00. The molecule has 0 radical (unpaired) electrons. The van der Waals surface area contributed by atoms with Crippen LogP contribution in [0.25, 0.3) is 0 Å². The molecule has 1 aliphatic carbocycles. The number of aliphatic hydroxyl groups is 1. The third kappa shape index (κ3) is 3.79. The lowest BCUT2D eigenvalue weighted by molar-refractivity contribution is -0.0300. The lowest BCUT2D eigenvalue weighted by Gasteiger charge is -2.40. The van der Waals surface area contributed by atoms with Gasteiger partial charge in [-0.2, -0.15) is 0 Å². The van der Waals surface area contributed by atoms with Gasteiger partial charge in [-0.1, -0.05) is 26.8 Å². The van der Waals surface area contributed by atoms with Crippen LogP contribution in [0.3, 0.4) is 0 Å². The van der Waals surface area contributed by atoms with Crippen molar-refractivity contribution in [3.05, 3.63) is 28.8 Å². The molecule has 2 heteroatoms. The van der Waals surface area contributed by atoms with E-state index in [2.05, 4.69) is 53.7 Å². The van der Waals surface area contributed by atoms with Gasteiger partial charge in [0.2, 0.25) is 0 Å². The van der Waals surface area contributed by atoms with E-state index in [0.29, 0.717) is 5.92 Å². The van der Waals surface area contributed by atoms with Gasteiger partial charge in [-0.15, -0.1) is 0 Å². The van der Waals surface area contributed by atoms with Gasteiger partial charge >= 0.3 is 0 Å². The Kier molecular flexibility index (Phi) is 4.67. The SMILES string of the molecule is Cc1cc(C)c(C)c(OC2CC(C(C)(C)C)CCC2O)c1. The number of hydrogen-bond acceptors (Lipinski definition) is 2. The number of aryl methyl sites for hydroxylation is 2. The van der Waals surface area contributed by atoms with Crippen molar-refractivity contribution in [2.45, 2.75) is 73.0 Å². The summed E-state index contributed by atoms with van der Waals surface area (Å²) in [6.07, 6.45) is 2.45. The predicted molar refractivity (Wildman–Crippen MR) is 87.9 cm³/mol. The van der Waals surface area contributed by atoms with Crippen molar-refractivity contribution >= 4 is 0 Å². The standard InChI is InChI=1S/C19H30O2/c1-12-9-13(2)14(3)17(10-12)21-18-11-15(19(4,5)6)7-8-16(18)20/h9-10,15-16,18,20H,7-8,11H2,1-6H3. The molecule has 1 aliphatic rings. The van der Waals surface area contributed by atoms with Crippen LogP contribution in [-0.4, -0.2) is 17.3 Å². The van der Waals surface area contributed by atoms with E-state index in [-0.39, 0.29) is 17.6 Å². The summed E-state index contributed by atoms with van der Waals surface area (Å²) in [5.41, 5.74) is 3.93. The molecule has 1 fully saturated rings. The van der Waals surface area contributed by atoms with Gasteiger partial charge in [0.05, 0.1) is 6.10 Å². The van der Waals surface area contributed by atoms with Crippen LogP contribution in [0.1, 0.15) is 56.7 Å². The van der Waals surface area contributed by atoms with Crippen LogP contribution in [0.4, 0.5) is 0 Å². The molecule has 3 unspecified atom stereocenters. The lowest BCUT2D eigenvalue weighted by Crippen LogP contribution is -2.41. The second-order valence-corrected chi connectivity index (χ2v) is 7.80. The molecule has 0 heterocycles. The zero-order valence-corrected chi connectivity index (χ0v) is 14.4. The zero-order chi connectivity index (χ0) is 15.8. The van der Waals surface area contributed by atoms with Gasteiger partial charge in [0, 0.05) is 0 Å². The highest BCUT2D eigenvalue weighted by Gasteiger charge is 2.36. The monoisotopic (exact) mass is 290 g/mol. The fourth-order valence-corrected chi connectivity index (χ4v) is 3.31. The Morgan fingerprint density at radius 1 is 1.10 bits per heavy atom. The minimum Gasteiger partial charge on any atom is -0.487 e. The first-order valence-electron chi connectivity index (χ1n) is 8.11. The molecule has 3 atom stereocenters. The molecular weight excluding hydrogens is 260 g/mol. The fourth-order valence-electron chi connectivity index (χ4n) is 3.31. The first kappa shape index (κ1) is 16.4. The summed E-state index contributed by atoms with van der Waals surface area (Å²) >= 11 is 0. The molecule has 1 N–H and O–H groups in total. The van der Waals surface area contributed by atoms with Crippen LogP contribution in [0.15, 0.2) is 12.1 Å². The van der Waals surface area contributed by atoms with E-state index in [4.69, 9.17) is 4.74 Å². The van der Waals surface area contributed by atoms with E-state index in [1.54, 1.807) is 0 Å². The van der Waals surface area contributed by atoms with E-state index in [0.717, 1.165) is 25.0 Å². The highest BCUT2D eigenvalue weighted by molar-refractivity contribution is 5.42. The molecule has 0 aliphatic heterocycles. The highest BCUT2D eigenvalue weighted by atomic mass is 16.5. The molecule has 1 aromatic rings. The molecule has 0 spiro atoms. The van der Waals surface area contributed by atoms with E-state index < -0.39 is 0 Å².